The molecule has 0 spiro atoms. The largest absolute Gasteiger partial charge is 0.492 e. The van der Waals surface area contributed by atoms with Gasteiger partial charge in [-0.25, -0.2) is 0 Å². The summed E-state index contributed by atoms with van der Waals surface area (Å²) in [6.45, 7) is 4.62. The van der Waals surface area contributed by atoms with Gasteiger partial charge in [-0.05, 0) is 38.4 Å². The van der Waals surface area contributed by atoms with Crippen LogP contribution >= 0.6 is 0 Å². The second kappa shape index (κ2) is 6.09. The fourth-order valence-electron chi connectivity index (χ4n) is 2.70. The molecule has 0 N–H and O–H groups in total. The lowest BCUT2D eigenvalue weighted by Crippen LogP contribution is -2.33. The van der Waals surface area contributed by atoms with Crippen molar-refractivity contribution < 1.29 is 9.26 Å². The highest BCUT2D eigenvalue weighted by atomic mass is 16.5. The molecule has 0 radical (unpaired) electrons. The fraction of sp³-hybridized carbons (Fsp3) is 0.438. The number of likely N-dealkylation sites (tertiary alicyclic amines) is 1. The van der Waals surface area contributed by atoms with Gasteiger partial charge in [0.2, 0.25) is 0 Å². The second-order valence-corrected chi connectivity index (χ2v) is 5.32. The van der Waals surface area contributed by atoms with Crippen molar-refractivity contribution in [1.82, 2.24) is 10.1 Å². The van der Waals surface area contributed by atoms with E-state index < -0.39 is 0 Å². The summed E-state index contributed by atoms with van der Waals surface area (Å²) < 4.78 is 11.0. The number of rotatable bonds is 5. The highest BCUT2D eigenvalue weighted by Crippen LogP contribution is 2.21. The zero-order valence-corrected chi connectivity index (χ0v) is 11.8. The summed E-state index contributed by atoms with van der Waals surface area (Å²) in [5.41, 5.74) is 1.01. The van der Waals surface area contributed by atoms with Gasteiger partial charge in [0.15, 0.2) is 0 Å². The summed E-state index contributed by atoms with van der Waals surface area (Å²) in [6, 6.07) is 12.5. The van der Waals surface area contributed by atoms with E-state index in [2.05, 4.69) is 10.1 Å². The molecule has 4 heteroatoms. The van der Waals surface area contributed by atoms with E-state index in [0.29, 0.717) is 6.04 Å². The van der Waals surface area contributed by atoms with Crippen molar-refractivity contribution in [2.75, 3.05) is 13.2 Å². The molecular weight excluding hydrogens is 252 g/mol. The van der Waals surface area contributed by atoms with Gasteiger partial charge in [0.1, 0.15) is 18.1 Å². The smallest absolute Gasteiger partial charge is 0.133 e. The average Bonchev–Trinajstić information content (AvgIpc) is 3.07. The minimum atomic E-state index is 0.465. The molecule has 20 heavy (non-hydrogen) atoms. The van der Waals surface area contributed by atoms with Gasteiger partial charge < -0.3 is 9.26 Å². The first-order valence-corrected chi connectivity index (χ1v) is 7.15. The number of ether oxygens (including phenoxy) is 1. The minimum Gasteiger partial charge on any atom is -0.492 e. The first kappa shape index (κ1) is 13.2. The number of nitrogens with zero attached hydrogens (tertiary/aromatic N) is 2. The molecule has 106 valence electrons. The summed E-state index contributed by atoms with van der Waals surface area (Å²) in [5.74, 6) is 1.81. The van der Waals surface area contributed by atoms with Crippen LogP contribution in [0.5, 0.6) is 5.75 Å². The maximum atomic E-state index is 5.88. The van der Waals surface area contributed by atoms with E-state index in [0.717, 1.165) is 36.9 Å². The maximum absolute atomic E-state index is 5.88. The summed E-state index contributed by atoms with van der Waals surface area (Å²) >= 11 is 0. The Balaban J connectivity index is 1.55. The molecule has 1 aliphatic heterocycles. The number of benzene rings is 1. The Morgan fingerprint density at radius 1 is 1.35 bits per heavy atom. The molecule has 0 amide bonds. The van der Waals surface area contributed by atoms with Crippen molar-refractivity contribution in [2.24, 2.45) is 0 Å². The topological polar surface area (TPSA) is 38.5 Å². The Morgan fingerprint density at radius 2 is 2.20 bits per heavy atom. The Bertz CT molecular complexity index is 538. The quantitative estimate of drug-likeness (QED) is 0.838. The van der Waals surface area contributed by atoms with Crippen molar-refractivity contribution in [3.8, 4) is 5.75 Å². The normalized spacial score (nSPS) is 19.4. The van der Waals surface area contributed by atoms with Gasteiger partial charge in [-0.15, -0.1) is 0 Å². The molecule has 2 heterocycles. The first-order valence-electron chi connectivity index (χ1n) is 7.15. The molecule has 1 atom stereocenters. The predicted octanol–water partition coefficient (Wildman–Crippen LogP) is 3.03. The summed E-state index contributed by atoms with van der Waals surface area (Å²) in [5, 5.41) is 4.07. The zero-order valence-electron chi connectivity index (χ0n) is 11.8. The van der Waals surface area contributed by atoms with E-state index in [1.54, 1.807) is 0 Å². The molecule has 1 aromatic heterocycles. The van der Waals surface area contributed by atoms with E-state index in [9.17, 15) is 0 Å². The van der Waals surface area contributed by atoms with Gasteiger partial charge in [-0.3, -0.25) is 4.90 Å². The highest BCUT2D eigenvalue weighted by molar-refractivity contribution is 5.21. The average molecular weight is 272 g/mol. The lowest BCUT2D eigenvalue weighted by molar-refractivity contribution is 0.164. The van der Waals surface area contributed by atoms with Crippen molar-refractivity contribution >= 4 is 0 Å². The third kappa shape index (κ3) is 3.20. The SMILES string of the molecule is Cc1cc(CN2CCCC2COc2ccccc2)no1. The number of aryl methyl sites for hydroxylation is 1. The molecule has 1 aliphatic rings. The number of aromatic nitrogens is 1. The van der Waals surface area contributed by atoms with E-state index in [4.69, 9.17) is 9.26 Å². The van der Waals surface area contributed by atoms with Gasteiger partial charge >= 0.3 is 0 Å². The zero-order chi connectivity index (χ0) is 13.8. The Hall–Kier alpha value is -1.81. The number of para-hydroxylation sites is 1. The van der Waals surface area contributed by atoms with Crippen molar-refractivity contribution in [3.63, 3.8) is 0 Å². The van der Waals surface area contributed by atoms with Crippen molar-refractivity contribution in [3.05, 3.63) is 47.9 Å². The van der Waals surface area contributed by atoms with Gasteiger partial charge in [0, 0.05) is 18.7 Å². The van der Waals surface area contributed by atoms with Crippen LogP contribution in [0.15, 0.2) is 40.9 Å². The maximum Gasteiger partial charge on any atom is 0.133 e. The lowest BCUT2D eigenvalue weighted by Gasteiger charge is -2.23. The summed E-state index contributed by atoms with van der Waals surface area (Å²) in [7, 11) is 0. The fourth-order valence-corrected chi connectivity index (χ4v) is 2.70. The van der Waals surface area contributed by atoms with Crippen LogP contribution in [0, 0.1) is 6.92 Å². The Labute approximate surface area is 119 Å². The van der Waals surface area contributed by atoms with Crippen molar-refractivity contribution in [1.29, 1.82) is 0 Å². The van der Waals surface area contributed by atoms with E-state index >= 15 is 0 Å². The third-order valence-electron chi connectivity index (χ3n) is 3.73. The van der Waals surface area contributed by atoms with Crippen LogP contribution in [0.1, 0.15) is 24.3 Å². The van der Waals surface area contributed by atoms with Crippen LogP contribution in [-0.4, -0.2) is 29.3 Å². The van der Waals surface area contributed by atoms with E-state index in [1.165, 1.54) is 12.8 Å². The van der Waals surface area contributed by atoms with Gasteiger partial charge in [0.25, 0.3) is 0 Å². The molecule has 1 saturated heterocycles. The summed E-state index contributed by atoms with van der Waals surface area (Å²) in [6.07, 6.45) is 2.41. The molecule has 0 saturated carbocycles. The standard InChI is InChI=1S/C16H20N2O2/c1-13-10-14(17-20-13)11-18-9-5-6-15(18)12-19-16-7-3-2-4-8-16/h2-4,7-8,10,15H,5-6,9,11-12H2,1H3. The minimum absolute atomic E-state index is 0.465. The van der Waals surface area contributed by atoms with Gasteiger partial charge in [-0.2, -0.15) is 0 Å². The third-order valence-corrected chi connectivity index (χ3v) is 3.73. The van der Waals surface area contributed by atoms with Crippen LogP contribution in [-0.2, 0) is 6.54 Å². The molecular formula is C16H20N2O2. The molecule has 0 bridgehead atoms. The number of hydrogen-bond acceptors (Lipinski definition) is 4. The second-order valence-electron chi connectivity index (χ2n) is 5.32. The predicted molar refractivity (Wildman–Crippen MR) is 76.6 cm³/mol. The van der Waals surface area contributed by atoms with E-state index in [-0.39, 0.29) is 0 Å². The van der Waals surface area contributed by atoms with Crippen LogP contribution < -0.4 is 4.74 Å². The molecule has 3 rings (SSSR count). The molecule has 4 nitrogen and oxygen atoms in total. The highest BCUT2D eigenvalue weighted by Gasteiger charge is 2.25. The molecule has 2 aromatic rings. The van der Waals surface area contributed by atoms with Crippen LogP contribution in [0.4, 0.5) is 0 Å². The molecule has 1 fully saturated rings. The van der Waals surface area contributed by atoms with Crippen molar-refractivity contribution in [2.45, 2.75) is 32.4 Å². The first-order chi connectivity index (χ1) is 9.81. The number of hydrogen-bond donors (Lipinski definition) is 0. The monoisotopic (exact) mass is 272 g/mol. The van der Waals surface area contributed by atoms with Gasteiger partial charge in [0.05, 0.1) is 5.69 Å². The Morgan fingerprint density at radius 3 is 2.95 bits per heavy atom. The molecule has 1 unspecified atom stereocenters. The van der Waals surface area contributed by atoms with E-state index in [1.807, 2.05) is 43.3 Å². The van der Waals surface area contributed by atoms with Crippen LogP contribution in [0.25, 0.3) is 0 Å². The van der Waals surface area contributed by atoms with Gasteiger partial charge in [-0.1, -0.05) is 23.4 Å². The Kier molecular flexibility index (Phi) is 4.02. The van der Waals surface area contributed by atoms with Crippen LogP contribution in [0.3, 0.4) is 0 Å². The molecule has 1 aromatic carbocycles. The lowest BCUT2D eigenvalue weighted by atomic mass is 10.2. The summed E-state index contributed by atoms with van der Waals surface area (Å²) in [4.78, 5) is 2.43. The molecule has 0 aliphatic carbocycles. The van der Waals surface area contributed by atoms with Crippen LogP contribution in [0.2, 0.25) is 0 Å².